The molecule has 0 aromatic carbocycles. The van der Waals surface area contributed by atoms with Crippen LogP contribution in [0.3, 0.4) is 0 Å². The first kappa shape index (κ1) is 11.5. The zero-order chi connectivity index (χ0) is 10.4. The van der Waals surface area contributed by atoms with E-state index in [4.69, 9.17) is 9.84 Å². The van der Waals surface area contributed by atoms with Gasteiger partial charge >= 0.3 is 5.97 Å². The van der Waals surface area contributed by atoms with Crippen molar-refractivity contribution in [2.24, 2.45) is 5.92 Å². The number of methoxy groups -OCH3 is 1. The van der Waals surface area contributed by atoms with Crippen LogP contribution in [0.15, 0.2) is 0 Å². The Morgan fingerprint density at radius 2 is 2.43 bits per heavy atom. The van der Waals surface area contributed by atoms with E-state index in [1.54, 1.807) is 7.11 Å². The highest BCUT2D eigenvalue weighted by Crippen LogP contribution is 2.16. The summed E-state index contributed by atoms with van der Waals surface area (Å²) < 4.78 is 5.11. The predicted molar refractivity (Wildman–Crippen MR) is 53.3 cm³/mol. The lowest BCUT2D eigenvalue weighted by atomic mass is 9.99. The molecule has 0 aromatic rings. The molecule has 0 radical (unpaired) electrons. The molecule has 1 rings (SSSR count). The van der Waals surface area contributed by atoms with Crippen LogP contribution in [0.1, 0.15) is 19.3 Å². The van der Waals surface area contributed by atoms with E-state index in [1.807, 2.05) is 0 Å². The van der Waals surface area contributed by atoms with Gasteiger partial charge in [0.2, 0.25) is 0 Å². The smallest absolute Gasteiger partial charge is 0.304 e. The summed E-state index contributed by atoms with van der Waals surface area (Å²) in [6.45, 7) is 3.49. The average molecular weight is 201 g/mol. The Morgan fingerprint density at radius 3 is 3.07 bits per heavy atom. The molecule has 0 spiro atoms. The zero-order valence-electron chi connectivity index (χ0n) is 8.74. The Hall–Kier alpha value is -0.610. The number of carboxylic acid groups (broad SMARTS) is 1. The molecule has 1 atom stereocenters. The summed E-state index contributed by atoms with van der Waals surface area (Å²) in [6, 6.07) is 0. The third kappa shape index (κ3) is 4.07. The number of hydrogen-bond acceptors (Lipinski definition) is 3. The number of carbonyl (C=O) groups is 1. The molecule has 1 aliphatic heterocycles. The van der Waals surface area contributed by atoms with Crippen molar-refractivity contribution in [2.45, 2.75) is 19.3 Å². The van der Waals surface area contributed by atoms with Crippen LogP contribution in [0.25, 0.3) is 0 Å². The number of nitrogens with zero attached hydrogens (tertiary/aromatic N) is 1. The van der Waals surface area contributed by atoms with Crippen LogP contribution in [0.4, 0.5) is 0 Å². The summed E-state index contributed by atoms with van der Waals surface area (Å²) >= 11 is 0. The van der Waals surface area contributed by atoms with Gasteiger partial charge in [0.1, 0.15) is 0 Å². The molecule has 4 heteroatoms. The number of hydrogen-bond donors (Lipinski definition) is 1. The van der Waals surface area contributed by atoms with E-state index in [9.17, 15) is 4.79 Å². The quantitative estimate of drug-likeness (QED) is 0.715. The average Bonchev–Trinajstić information content (AvgIpc) is 2.16. The first-order valence-electron chi connectivity index (χ1n) is 5.15. The van der Waals surface area contributed by atoms with E-state index in [2.05, 4.69) is 4.90 Å². The Labute approximate surface area is 84.8 Å². The highest BCUT2D eigenvalue weighted by Gasteiger charge is 2.19. The van der Waals surface area contributed by atoms with E-state index < -0.39 is 5.97 Å². The minimum Gasteiger partial charge on any atom is -0.481 e. The van der Waals surface area contributed by atoms with Gasteiger partial charge in [-0.25, -0.2) is 0 Å². The van der Waals surface area contributed by atoms with Crippen LogP contribution in [-0.4, -0.2) is 49.3 Å². The number of carboxylic acids is 1. The molecule has 0 amide bonds. The Bertz CT molecular complexity index is 182. The summed E-state index contributed by atoms with van der Waals surface area (Å²) in [4.78, 5) is 12.6. The van der Waals surface area contributed by atoms with E-state index in [0.717, 1.165) is 26.1 Å². The summed E-state index contributed by atoms with van der Waals surface area (Å²) in [5.74, 6) is -0.124. The molecule has 0 aliphatic carbocycles. The number of rotatable bonds is 5. The maximum absolute atomic E-state index is 10.4. The van der Waals surface area contributed by atoms with Crippen LogP contribution in [0, 0.1) is 5.92 Å². The normalized spacial score (nSPS) is 23.6. The predicted octanol–water partition coefficient (Wildman–Crippen LogP) is 0.820. The van der Waals surface area contributed by atoms with Crippen molar-refractivity contribution < 1.29 is 14.6 Å². The Balaban J connectivity index is 2.21. The molecular formula is C10H19NO3. The highest BCUT2D eigenvalue weighted by molar-refractivity contribution is 5.66. The van der Waals surface area contributed by atoms with Crippen LogP contribution in [-0.2, 0) is 9.53 Å². The van der Waals surface area contributed by atoms with Crippen molar-refractivity contribution in [1.29, 1.82) is 0 Å². The van der Waals surface area contributed by atoms with Crippen molar-refractivity contribution in [2.75, 3.05) is 33.4 Å². The molecule has 1 saturated heterocycles. The van der Waals surface area contributed by atoms with Crippen molar-refractivity contribution in [1.82, 2.24) is 4.90 Å². The number of ether oxygens (including phenoxy) is 1. The second-order valence-corrected chi connectivity index (χ2v) is 3.91. The molecule has 1 unspecified atom stereocenters. The Morgan fingerprint density at radius 1 is 1.64 bits per heavy atom. The second-order valence-electron chi connectivity index (χ2n) is 3.91. The van der Waals surface area contributed by atoms with Crippen LogP contribution >= 0.6 is 0 Å². The highest BCUT2D eigenvalue weighted by atomic mass is 16.5. The molecule has 4 nitrogen and oxygen atoms in total. The largest absolute Gasteiger partial charge is 0.481 e. The maximum Gasteiger partial charge on any atom is 0.304 e. The summed E-state index contributed by atoms with van der Waals surface area (Å²) in [5, 5.41) is 8.56. The fraction of sp³-hybridized carbons (Fsp3) is 0.900. The lowest BCUT2D eigenvalue weighted by Gasteiger charge is -2.31. The number of likely N-dealkylation sites (tertiary alicyclic amines) is 1. The molecule has 0 aromatic heterocycles. The van der Waals surface area contributed by atoms with E-state index in [-0.39, 0.29) is 6.42 Å². The molecule has 0 saturated carbocycles. The first-order chi connectivity index (χ1) is 6.72. The van der Waals surface area contributed by atoms with Crippen LogP contribution in [0.2, 0.25) is 0 Å². The fourth-order valence-corrected chi connectivity index (χ4v) is 1.98. The molecule has 1 heterocycles. The van der Waals surface area contributed by atoms with Crippen LogP contribution in [0.5, 0.6) is 0 Å². The zero-order valence-corrected chi connectivity index (χ0v) is 8.74. The van der Waals surface area contributed by atoms with Gasteiger partial charge < -0.3 is 14.7 Å². The van der Waals surface area contributed by atoms with Crippen molar-refractivity contribution >= 4 is 5.97 Å². The second kappa shape index (κ2) is 5.98. The molecule has 1 aliphatic rings. The minimum absolute atomic E-state index is 0.250. The lowest BCUT2D eigenvalue weighted by molar-refractivity contribution is -0.137. The van der Waals surface area contributed by atoms with Gasteiger partial charge in [-0.15, -0.1) is 0 Å². The summed E-state index contributed by atoms with van der Waals surface area (Å²) in [5.41, 5.74) is 0. The topological polar surface area (TPSA) is 49.8 Å². The maximum atomic E-state index is 10.4. The molecule has 1 N–H and O–H groups in total. The SMILES string of the molecule is COCC1CCCN(CCC(=O)O)C1. The van der Waals surface area contributed by atoms with Gasteiger partial charge in [-0.3, -0.25) is 4.79 Å². The summed E-state index contributed by atoms with van der Waals surface area (Å²) in [7, 11) is 1.72. The van der Waals surface area contributed by atoms with Gasteiger partial charge in [0, 0.05) is 20.2 Å². The monoisotopic (exact) mass is 201 g/mol. The van der Waals surface area contributed by atoms with Crippen molar-refractivity contribution in [3.63, 3.8) is 0 Å². The molecule has 82 valence electrons. The van der Waals surface area contributed by atoms with Crippen molar-refractivity contribution in [3.8, 4) is 0 Å². The van der Waals surface area contributed by atoms with Gasteiger partial charge in [-0.05, 0) is 25.3 Å². The Kier molecular flexibility index (Phi) is 4.90. The van der Waals surface area contributed by atoms with Gasteiger partial charge in [-0.1, -0.05) is 0 Å². The summed E-state index contributed by atoms with van der Waals surface area (Å²) in [6.07, 6.45) is 2.62. The lowest BCUT2D eigenvalue weighted by Crippen LogP contribution is -2.38. The first-order valence-corrected chi connectivity index (χ1v) is 5.15. The van der Waals surface area contributed by atoms with Crippen molar-refractivity contribution in [3.05, 3.63) is 0 Å². The van der Waals surface area contributed by atoms with E-state index in [0.29, 0.717) is 12.5 Å². The molecule has 1 fully saturated rings. The minimum atomic E-state index is -0.709. The van der Waals surface area contributed by atoms with Gasteiger partial charge in [0.25, 0.3) is 0 Å². The van der Waals surface area contributed by atoms with Gasteiger partial charge in [0.15, 0.2) is 0 Å². The fourth-order valence-electron chi connectivity index (χ4n) is 1.98. The molecular weight excluding hydrogens is 182 g/mol. The van der Waals surface area contributed by atoms with Gasteiger partial charge in [-0.2, -0.15) is 0 Å². The van der Waals surface area contributed by atoms with E-state index in [1.165, 1.54) is 6.42 Å². The number of piperidine rings is 1. The van der Waals surface area contributed by atoms with Gasteiger partial charge in [0.05, 0.1) is 13.0 Å². The molecule has 0 bridgehead atoms. The third-order valence-corrected chi connectivity index (χ3v) is 2.65. The van der Waals surface area contributed by atoms with Crippen LogP contribution < -0.4 is 0 Å². The van der Waals surface area contributed by atoms with E-state index >= 15 is 0 Å². The third-order valence-electron chi connectivity index (χ3n) is 2.65. The molecule has 14 heavy (non-hydrogen) atoms. The number of aliphatic carboxylic acids is 1. The standard InChI is InChI=1S/C10H19NO3/c1-14-8-9-3-2-5-11(7-9)6-4-10(12)13/h9H,2-8H2,1H3,(H,12,13).